The number of nitrogens with zero attached hydrogens (tertiary/aromatic N) is 3. The average molecular weight is 410 g/mol. The maximum atomic E-state index is 12.7. The predicted octanol–water partition coefficient (Wildman–Crippen LogP) is 2.96. The third-order valence-electron chi connectivity index (χ3n) is 5.94. The van der Waals surface area contributed by atoms with Crippen LogP contribution >= 0.6 is 0 Å². The van der Waals surface area contributed by atoms with Gasteiger partial charge in [-0.3, -0.25) is 9.48 Å². The molecule has 0 unspecified atom stereocenters. The van der Waals surface area contributed by atoms with Crippen molar-refractivity contribution in [3.8, 4) is 5.75 Å². The number of rotatable bonds is 5. The van der Waals surface area contributed by atoms with Gasteiger partial charge in [-0.25, -0.2) is 0 Å². The second-order valence-electron chi connectivity index (χ2n) is 8.50. The fraction of sp³-hybridized carbons (Fsp3) is 0.409. The zero-order chi connectivity index (χ0) is 21.6. The number of pyridine rings is 1. The molecule has 1 aliphatic carbocycles. The number of carbonyl (C=O) groups excluding carboxylic acids is 1. The molecule has 1 aliphatic rings. The van der Waals surface area contributed by atoms with Crippen molar-refractivity contribution in [2.24, 2.45) is 5.92 Å². The first kappa shape index (κ1) is 20.2. The molecule has 1 saturated carbocycles. The van der Waals surface area contributed by atoms with E-state index in [0.717, 1.165) is 23.7 Å². The van der Waals surface area contributed by atoms with Gasteiger partial charge in [0.2, 0.25) is 0 Å². The van der Waals surface area contributed by atoms with Crippen LogP contribution in [0.2, 0.25) is 0 Å². The number of amides is 1. The van der Waals surface area contributed by atoms with Gasteiger partial charge in [0.1, 0.15) is 5.75 Å². The summed E-state index contributed by atoms with van der Waals surface area (Å²) in [7, 11) is 1.52. The van der Waals surface area contributed by atoms with E-state index in [9.17, 15) is 15.1 Å². The summed E-state index contributed by atoms with van der Waals surface area (Å²) < 4.78 is 7.96. The van der Waals surface area contributed by atoms with Crippen molar-refractivity contribution in [3.63, 3.8) is 0 Å². The number of nitrogens with one attached hydrogen (secondary N) is 1. The highest BCUT2D eigenvalue weighted by Gasteiger charge is 2.40. The molecule has 0 spiro atoms. The number of hydrogen-bond acceptors (Lipinski definition) is 5. The van der Waals surface area contributed by atoms with Crippen LogP contribution in [0.1, 0.15) is 48.9 Å². The molecule has 8 nitrogen and oxygen atoms in total. The lowest BCUT2D eigenvalue weighted by atomic mass is 9.71. The molecule has 1 fully saturated rings. The Hall–Kier alpha value is -3.13. The van der Waals surface area contributed by atoms with Gasteiger partial charge in [-0.15, -0.1) is 0 Å². The van der Waals surface area contributed by atoms with Crippen molar-refractivity contribution in [3.05, 3.63) is 53.1 Å². The molecule has 0 aliphatic heterocycles. The van der Waals surface area contributed by atoms with Crippen molar-refractivity contribution in [2.45, 2.75) is 45.3 Å². The zero-order valence-electron chi connectivity index (χ0n) is 17.5. The van der Waals surface area contributed by atoms with E-state index in [1.165, 1.54) is 13.2 Å². The van der Waals surface area contributed by atoms with E-state index in [-0.39, 0.29) is 17.7 Å². The van der Waals surface area contributed by atoms with Gasteiger partial charge in [-0.05, 0) is 44.7 Å². The van der Waals surface area contributed by atoms with Gasteiger partial charge in [0.25, 0.3) is 5.69 Å². The van der Waals surface area contributed by atoms with Gasteiger partial charge in [-0.2, -0.15) is 9.83 Å². The van der Waals surface area contributed by atoms with E-state index >= 15 is 0 Å². The first-order chi connectivity index (χ1) is 14.2. The summed E-state index contributed by atoms with van der Waals surface area (Å²) in [6.07, 6.45) is 3.68. The number of ether oxygens (including phenoxy) is 1. The van der Waals surface area contributed by atoms with Crippen molar-refractivity contribution >= 4 is 22.5 Å². The normalized spacial score (nSPS) is 18.8. The molecule has 30 heavy (non-hydrogen) atoms. The summed E-state index contributed by atoms with van der Waals surface area (Å²) in [4.78, 5) is 12.7. The SMILES string of the molecule is COc1cc2nn(C3CC(C(C)(C)O)C3)cc2cc1NC(=O)c1cccc(C)[n+]1[O-]. The number of aryl methyl sites for hydroxylation is 1. The first-order valence-corrected chi connectivity index (χ1v) is 9.97. The quantitative estimate of drug-likeness (QED) is 0.497. The van der Waals surface area contributed by atoms with Crippen molar-refractivity contribution in [1.29, 1.82) is 0 Å². The maximum Gasteiger partial charge on any atom is 0.321 e. The Morgan fingerprint density at radius 1 is 1.37 bits per heavy atom. The molecule has 2 heterocycles. The number of fused-ring (bicyclic) bond motifs is 1. The van der Waals surface area contributed by atoms with Crippen LogP contribution in [0.4, 0.5) is 5.69 Å². The molecule has 0 radical (unpaired) electrons. The van der Waals surface area contributed by atoms with E-state index in [0.29, 0.717) is 21.9 Å². The van der Waals surface area contributed by atoms with E-state index in [2.05, 4.69) is 10.4 Å². The largest absolute Gasteiger partial charge is 0.618 e. The second kappa shape index (κ2) is 7.28. The summed E-state index contributed by atoms with van der Waals surface area (Å²) in [6.45, 7) is 5.33. The average Bonchev–Trinajstić information content (AvgIpc) is 3.02. The number of hydrogen-bond donors (Lipinski definition) is 2. The molecule has 0 atom stereocenters. The minimum absolute atomic E-state index is 0.0139. The van der Waals surface area contributed by atoms with Crippen LogP contribution in [0.5, 0.6) is 5.75 Å². The molecule has 4 rings (SSSR count). The van der Waals surface area contributed by atoms with Gasteiger partial charge in [0.05, 0.1) is 30.0 Å². The summed E-state index contributed by atoms with van der Waals surface area (Å²) >= 11 is 0. The van der Waals surface area contributed by atoms with Gasteiger partial charge >= 0.3 is 5.91 Å². The molecule has 158 valence electrons. The smallest absolute Gasteiger partial charge is 0.321 e. The first-order valence-electron chi connectivity index (χ1n) is 9.97. The van der Waals surface area contributed by atoms with Crippen LogP contribution in [0.15, 0.2) is 36.5 Å². The maximum absolute atomic E-state index is 12.7. The van der Waals surface area contributed by atoms with Gasteiger partial charge < -0.3 is 20.4 Å². The van der Waals surface area contributed by atoms with Crippen molar-refractivity contribution < 1.29 is 19.4 Å². The third kappa shape index (κ3) is 3.59. The second-order valence-corrected chi connectivity index (χ2v) is 8.50. The molecule has 8 heteroatoms. The monoisotopic (exact) mass is 410 g/mol. The number of benzene rings is 1. The Kier molecular flexibility index (Phi) is 4.89. The Morgan fingerprint density at radius 3 is 2.77 bits per heavy atom. The van der Waals surface area contributed by atoms with Gasteiger partial charge in [-0.1, -0.05) is 0 Å². The van der Waals surface area contributed by atoms with E-state index in [1.807, 2.05) is 24.7 Å². The lowest BCUT2D eigenvalue weighted by Gasteiger charge is -2.42. The highest BCUT2D eigenvalue weighted by atomic mass is 16.5. The molecule has 2 aromatic heterocycles. The summed E-state index contributed by atoms with van der Waals surface area (Å²) in [5.41, 5.74) is 0.999. The zero-order valence-corrected chi connectivity index (χ0v) is 17.5. The highest BCUT2D eigenvalue weighted by Crippen LogP contribution is 2.44. The van der Waals surface area contributed by atoms with E-state index < -0.39 is 11.5 Å². The Labute approximate surface area is 174 Å². The molecular formula is C22H26N4O4. The van der Waals surface area contributed by atoms with Crippen LogP contribution in [-0.2, 0) is 0 Å². The van der Waals surface area contributed by atoms with E-state index in [1.54, 1.807) is 31.2 Å². The number of methoxy groups -OCH3 is 1. The molecule has 0 saturated heterocycles. The van der Waals surface area contributed by atoms with Crippen molar-refractivity contribution in [2.75, 3.05) is 12.4 Å². The Morgan fingerprint density at radius 2 is 2.10 bits per heavy atom. The molecular weight excluding hydrogens is 384 g/mol. The van der Waals surface area contributed by atoms with Crippen molar-refractivity contribution in [1.82, 2.24) is 9.78 Å². The van der Waals surface area contributed by atoms with Crippen LogP contribution < -0.4 is 14.8 Å². The van der Waals surface area contributed by atoms with Crippen LogP contribution in [0.3, 0.4) is 0 Å². The number of aliphatic hydroxyl groups is 1. The number of aromatic nitrogens is 3. The minimum atomic E-state index is -0.683. The number of anilines is 1. The summed E-state index contributed by atoms with van der Waals surface area (Å²) in [5.74, 6) is 0.215. The fourth-order valence-electron chi connectivity index (χ4n) is 3.86. The minimum Gasteiger partial charge on any atom is -0.618 e. The Bertz CT molecular complexity index is 1110. The summed E-state index contributed by atoms with van der Waals surface area (Å²) in [6, 6.07) is 8.61. The molecule has 2 N–H and O–H groups in total. The lowest BCUT2D eigenvalue weighted by molar-refractivity contribution is -0.614. The Balaban J connectivity index is 1.60. The topological polar surface area (TPSA) is 103 Å². The molecule has 1 amide bonds. The molecule has 1 aromatic carbocycles. The third-order valence-corrected chi connectivity index (χ3v) is 5.94. The molecule has 0 bridgehead atoms. The number of carbonyl (C=O) groups is 1. The summed E-state index contributed by atoms with van der Waals surface area (Å²) in [5, 5.41) is 30.6. The van der Waals surface area contributed by atoms with Crippen LogP contribution in [-0.4, -0.2) is 33.5 Å². The van der Waals surface area contributed by atoms with Gasteiger partial charge in [0.15, 0.2) is 5.69 Å². The van der Waals surface area contributed by atoms with Crippen LogP contribution in [0, 0.1) is 18.0 Å². The predicted molar refractivity (Wildman–Crippen MR) is 112 cm³/mol. The van der Waals surface area contributed by atoms with E-state index in [4.69, 9.17) is 4.74 Å². The highest BCUT2D eigenvalue weighted by molar-refractivity contribution is 6.04. The fourth-order valence-corrected chi connectivity index (χ4v) is 3.86. The molecule has 3 aromatic rings. The standard InChI is InChI=1S/C22H26N4O4/c1-13-6-5-7-19(26(13)29)21(27)23-18-8-14-12-25(24-17(14)11-20(18)30-4)16-9-15(10-16)22(2,3)28/h5-8,11-12,15-16,28H,9-10H2,1-4H3,(H,23,27). The van der Waals surface area contributed by atoms with Gasteiger partial charge in [0, 0.05) is 36.7 Å². The lowest BCUT2D eigenvalue weighted by Crippen LogP contribution is -2.41. The van der Waals surface area contributed by atoms with Crippen LogP contribution in [0.25, 0.3) is 10.9 Å².